The summed E-state index contributed by atoms with van der Waals surface area (Å²) in [5.41, 5.74) is 3.72. The van der Waals surface area contributed by atoms with Crippen molar-refractivity contribution < 1.29 is 4.79 Å². The van der Waals surface area contributed by atoms with Gasteiger partial charge in [-0.05, 0) is 51.1 Å². The largest absolute Gasteiger partial charge is 0.369 e. The first-order valence-electron chi connectivity index (χ1n) is 11.9. The van der Waals surface area contributed by atoms with E-state index >= 15 is 0 Å². The van der Waals surface area contributed by atoms with Gasteiger partial charge in [0, 0.05) is 30.9 Å². The van der Waals surface area contributed by atoms with Gasteiger partial charge in [0.05, 0.1) is 22.4 Å². The zero-order valence-electron chi connectivity index (χ0n) is 20.1. The van der Waals surface area contributed by atoms with Gasteiger partial charge in [-0.2, -0.15) is 0 Å². The van der Waals surface area contributed by atoms with Gasteiger partial charge in [-0.3, -0.25) is 9.36 Å². The predicted octanol–water partition coefficient (Wildman–Crippen LogP) is 3.17. The molecule has 3 aromatic rings. The summed E-state index contributed by atoms with van der Waals surface area (Å²) < 4.78 is 3.14. The van der Waals surface area contributed by atoms with E-state index in [1.54, 1.807) is 27.6 Å². The molecule has 4 heterocycles. The summed E-state index contributed by atoms with van der Waals surface area (Å²) in [6, 6.07) is 7.55. The second-order valence-electron chi connectivity index (χ2n) is 9.23. The van der Waals surface area contributed by atoms with E-state index in [-0.39, 0.29) is 17.3 Å². The first-order valence-corrected chi connectivity index (χ1v) is 12.7. The Bertz CT molecular complexity index is 1390. The predicted molar refractivity (Wildman–Crippen MR) is 140 cm³/mol. The molecule has 1 spiro atoms. The smallest absolute Gasteiger partial charge is 0.335 e. The Morgan fingerprint density at radius 2 is 1.94 bits per heavy atom. The van der Waals surface area contributed by atoms with Crippen molar-refractivity contribution in [3.05, 3.63) is 82.0 Å². The quantitative estimate of drug-likeness (QED) is 0.519. The number of imidazole rings is 1. The minimum atomic E-state index is -0.305. The molecule has 2 aliphatic heterocycles. The van der Waals surface area contributed by atoms with Gasteiger partial charge in [-0.15, -0.1) is 11.3 Å². The van der Waals surface area contributed by atoms with Gasteiger partial charge in [-0.25, -0.2) is 14.3 Å². The molecule has 2 aliphatic rings. The van der Waals surface area contributed by atoms with E-state index in [1.165, 1.54) is 24.2 Å². The van der Waals surface area contributed by atoms with Gasteiger partial charge >= 0.3 is 5.69 Å². The number of piperidine rings is 1. The maximum absolute atomic E-state index is 13.2. The molecule has 182 valence electrons. The molecule has 0 radical (unpaired) electrons. The highest BCUT2D eigenvalue weighted by atomic mass is 32.1. The maximum Gasteiger partial charge on any atom is 0.335 e. The zero-order chi connectivity index (χ0) is 24.6. The molecule has 0 atom stereocenters. The number of carbonyl (C=O) groups is 1. The highest BCUT2D eigenvalue weighted by molar-refractivity contribution is 7.12. The van der Waals surface area contributed by atoms with E-state index in [2.05, 4.69) is 27.1 Å². The summed E-state index contributed by atoms with van der Waals surface area (Å²) in [6.45, 7) is 9.87. The maximum atomic E-state index is 13.2. The van der Waals surface area contributed by atoms with Crippen LogP contribution in [-0.4, -0.2) is 51.1 Å². The van der Waals surface area contributed by atoms with E-state index < -0.39 is 0 Å². The Hall–Kier alpha value is -3.43. The van der Waals surface area contributed by atoms with Crippen LogP contribution in [0.2, 0.25) is 0 Å². The molecule has 1 amide bonds. The third kappa shape index (κ3) is 4.15. The number of hydrogen-bond acceptors (Lipinski definition) is 6. The Morgan fingerprint density at radius 1 is 1.23 bits per heavy atom. The van der Waals surface area contributed by atoms with Crippen LogP contribution in [0.1, 0.15) is 30.3 Å². The van der Waals surface area contributed by atoms with Crippen molar-refractivity contribution in [2.75, 3.05) is 26.2 Å². The van der Waals surface area contributed by atoms with Crippen molar-refractivity contribution in [2.24, 2.45) is 12.5 Å². The van der Waals surface area contributed by atoms with Crippen LogP contribution in [0.25, 0.3) is 16.2 Å². The van der Waals surface area contributed by atoms with Gasteiger partial charge in [0.25, 0.3) is 5.91 Å². The van der Waals surface area contributed by atoms with Gasteiger partial charge < -0.3 is 15.5 Å². The van der Waals surface area contributed by atoms with Gasteiger partial charge in [0.2, 0.25) is 0 Å². The second kappa shape index (κ2) is 9.31. The fourth-order valence-corrected chi connectivity index (χ4v) is 5.91. The normalized spacial score (nSPS) is 18.1. The van der Waals surface area contributed by atoms with Crippen molar-refractivity contribution in [2.45, 2.75) is 19.8 Å². The van der Waals surface area contributed by atoms with Gasteiger partial charge in [-0.1, -0.05) is 30.9 Å². The molecule has 1 aromatic carbocycles. The molecule has 2 N–H and O–H groups in total. The van der Waals surface area contributed by atoms with Crippen LogP contribution in [0, 0.1) is 5.41 Å². The van der Waals surface area contributed by atoms with Gasteiger partial charge in [0.15, 0.2) is 5.13 Å². The lowest BCUT2D eigenvalue weighted by Gasteiger charge is -2.54. The molecule has 0 aliphatic carbocycles. The number of allylic oxidation sites excluding steroid dienone is 3. The third-order valence-corrected chi connectivity index (χ3v) is 7.85. The molecule has 2 fully saturated rings. The summed E-state index contributed by atoms with van der Waals surface area (Å²) >= 11 is 1.27. The number of fused-ring (bicyclic) bond motifs is 1. The first-order chi connectivity index (χ1) is 17.0. The van der Waals surface area contributed by atoms with Crippen LogP contribution >= 0.6 is 11.3 Å². The van der Waals surface area contributed by atoms with Crippen LogP contribution < -0.4 is 16.3 Å². The summed E-state index contributed by atoms with van der Waals surface area (Å²) in [4.78, 5) is 32.8. The molecular weight excluding hydrogens is 460 g/mol. The lowest BCUT2D eigenvalue weighted by Crippen LogP contribution is -2.59. The first kappa shape index (κ1) is 23.3. The zero-order valence-corrected chi connectivity index (χ0v) is 20.9. The Balaban J connectivity index is 1.35. The number of rotatable bonds is 6. The molecule has 0 unspecified atom stereocenters. The topological polar surface area (TPSA) is 84.2 Å². The molecular formula is C26H30N6O2S. The number of aromatic nitrogens is 3. The van der Waals surface area contributed by atoms with E-state index in [0.717, 1.165) is 48.6 Å². The summed E-state index contributed by atoms with van der Waals surface area (Å²) in [6.07, 6.45) is 7.97. The number of nitrogens with zero attached hydrogens (tertiary/aromatic N) is 4. The second-order valence-corrected chi connectivity index (χ2v) is 10.1. The van der Waals surface area contributed by atoms with E-state index in [9.17, 15) is 9.59 Å². The number of aryl methyl sites for hydroxylation is 1. The van der Waals surface area contributed by atoms with Crippen molar-refractivity contribution in [3.63, 3.8) is 0 Å². The van der Waals surface area contributed by atoms with E-state index in [4.69, 9.17) is 0 Å². The highest BCUT2D eigenvalue weighted by Crippen LogP contribution is 2.41. The molecule has 2 aromatic heterocycles. The van der Waals surface area contributed by atoms with Crippen LogP contribution in [0.4, 0.5) is 0 Å². The van der Waals surface area contributed by atoms with E-state index in [1.807, 2.05) is 43.3 Å². The molecule has 2 saturated heterocycles. The molecule has 35 heavy (non-hydrogen) atoms. The fourth-order valence-electron chi connectivity index (χ4n) is 5.10. The number of thiazole rings is 1. The summed E-state index contributed by atoms with van der Waals surface area (Å²) in [5.74, 6) is -0.305. The lowest BCUT2D eigenvalue weighted by molar-refractivity contribution is 0.00342. The average molecular weight is 491 g/mol. The van der Waals surface area contributed by atoms with Crippen molar-refractivity contribution in [1.82, 2.24) is 29.7 Å². The van der Waals surface area contributed by atoms with Crippen molar-refractivity contribution in [3.8, 4) is 5.13 Å². The standard InChI is InChI=1S/C26H30N6O2S/c1-4-8-20(31-16-26(17-31)11-13-27-14-12-26)18(5-2)28-23(33)19-15-35-24(29-19)32-22-10-7-6-9-21(22)30(3)25(32)34/h4-10,15,27H,1,11-14,16-17H2,2-3H3,(H,28,33)/b18-5+,20-8+. The minimum Gasteiger partial charge on any atom is -0.369 e. The van der Waals surface area contributed by atoms with Crippen LogP contribution in [0.15, 0.2) is 70.6 Å². The van der Waals surface area contributed by atoms with Crippen molar-refractivity contribution in [1.29, 1.82) is 0 Å². The fraction of sp³-hybridized carbons (Fsp3) is 0.346. The van der Waals surface area contributed by atoms with Gasteiger partial charge in [0.1, 0.15) is 5.69 Å². The van der Waals surface area contributed by atoms with Crippen LogP contribution in [0.3, 0.4) is 0 Å². The van der Waals surface area contributed by atoms with Crippen molar-refractivity contribution >= 4 is 28.3 Å². The Morgan fingerprint density at radius 3 is 2.63 bits per heavy atom. The highest BCUT2D eigenvalue weighted by Gasteiger charge is 2.44. The number of nitrogens with one attached hydrogen (secondary N) is 2. The summed E-state index contributed by atoms with van der Waals surface area (Å²) in [5, 5.41) is 8.63. The number of carbonyl (C=O) groups excluding carboxylic acids is 1. The number of likely N-dealkylation sites (tertiary alicyclic amines) is 1. The lowest BCUT2D eigenvalue weighted by atomic mass is 9.72. The number of hydrogen-bond donors (Lipinski definition) is 2. The monoisotopic (exact) mass is 490 g/mol. The number of benzene rings is 1. The average Bonchev–Trinajstić information content (AvgIpc) is 3.43. The van der Waals surface area contributed by atoms with Crippen LogP contribution in [-0.2, 0) is 7.05 Å². The van der Waals surface area contributed by atoms with E-state index in [0.29, 0.717) is 10.5 Å². The number of para-hydroxylation sites is 2. The molecule has 5 rings (SSSR count). The summed E-state index contributed by atoms with van der Waals surface area (Å²) in [7, 11) is 1.73. The molecule has 8 nitrogen and oxygen atoms in total. The molecule has 9 heteroatoms. The SMILES string of the molecule is C=C/C=C(\C(=C/C)NC(=O)c1csc(-n2c(=O)n(C)c3ccccc32)n1)N1CC2(CCNCC2)C1. The third-order valence-electron chi connectivity index (χ3n) is 7.02. The Labute approximate surface area is 208 Å². The van der Waals surface area contributed by atoms with Crippen LogP contribution in [0.5, 0.6) is 0 Å². The molecule has 0 saturated carbocycles. The number of amides is 1. The molecule has 0 bridgehead atoms. The Kier molecular flexibility index (Phi) is 6.21. The minimum absolute atomic E-state index is 0.192.